The molecule has 0 amide bonds. The van der Waals surface area contributed by atoms with Crippen LogP contribution in [0.25, 0.3) is 10.2 Å². The van der Waals surface area contributed by atoms with Crippen molar-refractivity contribution in [2.45, 2.75) is 26.6 Å². The lowest BCUT2D eigenvalue weighted by atomic mass is 10.1. The zero-order valence-corrected chi connectivity index (χ0v) is 22.8. The fourth-order valence-electron chi connectivity index (χ4n) is 4.42. The molecule has 0 saturated heterocycles. The number of rotatable bonds is 10. The number of ether oxygens (including phenoxy) is 3. The summed E-state index contributed by atoms with van der Waals surface area (Å²) in [4.78, 5) is 26.8. The predicted octanol–water partition coefficient (Wildman–Crippen LogP) is 4.99. The van der Waals surface area contributed by atoms with E-state index in [4.69, 9.17) is 14.2 Å². The fraction of sp³-hybridized carbons (Fsp3) is 0.200. The molecule has 5 rings (SSSR count). The first-order valence-corrected chi connectivity index (χ1v) is 13.5. The lowest BCUT2D eigenvalue weighted by molar-refractivity contribution is 0.0523. The molecular weight excluding hydrogens is 528 g/mol. The molecule has 0 atom stereocenters. The first-order valence-electron chi connectivity index (χ1n) is 12.6. The van der Waals surface area contributed by atoms with Gasteiger partial charge in [0.25, 0.3) is 5.56 Å². The van der Waals surface area contributed by atoms with Gasteiger partial charge in [-0.1, -0.05) is 36.4 Å². The van der Waals surface area contributed by atoms with Crippen molar-refractivity contribution in [2.75, 3.05) is 13.7 Å². The van der Waals surface area contributed by atoms with Gasteiger partial charge in [-0.05, 0) is 41.6 Å². The van der Waals surface area contributed by atoms with Crippen LogP contribution in [0, 0.1) is 11.3 Å². The second kappa shape index (κ2) is 11.9. The molecule has 202 valence electrons. The Hall–Kier alpha value is -4.88. The van der Waals surface area contributed by atoms with Crippen LogP contribution in [-0.2, 0) is 24.4 Å². The van der Waals surface area contributed by atoms with Crippen LogP contribution >= 0.6 is 11.3 Å². The van der Waals surface area contributed by atoms with Gasteiger partial charge in [0.05, 0.1) is 48.8 Å². The van der Waals surface area contributed by atoms with E-state index in [2.05, 4.69) is 11.2 Å². The van der Waals surface area contributed by atoms with Gasteiger partial charge in [0.2, 0.25) is 5.75 Å². The molecule has 0 N–H and O–H groups in total. The number of carbonyl (C=O) groups is 1. The Labute approximate surface area is 234 Å². The lowest BCUT2D eigenvalue weighted by Crippen LogP contribution is -2.26. The number of aromatic nitrogens is 3. The van der Waals surface area contributed by atoms with E-state index in [1.165, 1.54) is 18.4 Å². The van der Waals surface area contributed by atoms with Gasteiger partial charge >= 0.3 is 5.97 Å². The summed E-state index contributed by atoms with van der Waals surface area (Å²) in [5.74, 6) is -0.120. The maximum absolute atomic E-state index is 13.8. The molecule has 9 nitrogen and oxygen atoms in total. The Morgan fingerprint density at radius 1 is 1.07 bits per heavy atom. The highest BCUT2D eigenvalue weighted by Crippen LogP contribution is 2.31. The Balaban J connectivity index is 1.48. The van der Waals surface area contributed by atoms with Crippen LogP contribution < -0.4 is 15.0 Å². The second-order valence-electron chi connectivity index (χ2n) is 8.92. The Kier molecular flexibility index (Phi) is 7.94. The van der Waals surface area contributed by atoms with Crippen LogP contribution in [0.4, 0.5) is 0 Å². The molecule has 0 unspecified atom stereocenters. The Morgan fingerprint density at radius 3 is 2.65 bits per heavy atom. The number of carbonyl (C=O) groups excluding carboxylic acids is 1. The summed E-state index contributed by atoms with van der Waals surface area (Å²) in [6, 6.07) is 18.8. The number of methoxy groups -OCH3 is 1. The van der Waals surface area contributed by atoms with Crippen molar-refractivity contribution >= 4 is 27.5 Å². The van der Waals surface area contributed by atoms with E-state index < -0.39 is 11.5 Å². The van der Waals surface area contributed by atoms with Crippen molar-refractivity contribution in [3.8, 4) is 17.6 Å². The zero-order chi connectivity index (χ0) is 28.1. The van der Waals surface area contributed by atoms with Crippen LogP contribution in [0.5, 0.6) is 11.5 Å². The molecule has 0 aliphatic heterocycles. The number of esters is 1. The topological polar surface area (TPSA) is 108 Å². The molecule has 0 radical (unpaired) electrons. The molecule has 10 heteroatoms. The molecule has 0 aliphatic rings. The summed E-state index contributed by atoms with van der Waals surface area (Å²) in [7, 11) is 1.53. The third kappa shape index (κ3) is 5.46. The van der Waals surface area contributed by atoms with Crippen LogP contribution in [0.2, 0.25) is 0 Å². The second-order valence-corrected chi connectivity index (χ2v) is 9.83. The SMILES string of the molecule is CCOC(=O)c1c(OCc2ccccc2)c(=O)n(Cc2cnn(Cc3ccc(C#N)c(OC)c3)c2)c2ccsc12. The zero-order valence-electron chi connectivity index (χ0n) is 22.0. The van der Waals surface area contributed by atoms with Crippen LogP contribution in [0.1, 0.15) is 39.5 Å². The smallest absolute Gasteiger partial charge is 0.343 e. The van der Waals surface area contributed by atoms with Crippen molar-refractivity contribution in [3.63, 3.8) is 0 Å². The highest BCUT2D eigenvalue weighted by atomic mass is 32.1. The van der Waals surface area contributed by atoms with Gasteiger partial charge in [-0.3, -0.25) is 14.0 Å². The number of hydrogen-bond acceptors (Lipinski definition) is 8. The van der Waals surface area contributed by atoms with Crippen LogP contribution in [0.15, 0.2) is 77.2 Å². The average Bonchev–Trinajstić information content (AvgIpc) is 3.63. The van der Waals surface area contributed by atoms with E-state index >= 15 is 0 Å². The standard InChI is InChI=1S/C30H26N4O5S/c1-3-38-30(36)26-27(39-19-20-7-5-4-6-8-20)29(35)34(24-11-12-40-28(24)26)18-22-15-32-33(17-22)16-21-9-10-23(14-31)25(13-21)37-2/h4-13,15,17H,3,16,18-19H2,1-2H3. The summed E-state index contributed by atoms with van der Waals surface area (Å²) in [5.41, 5.74) is 3.39. The maximum Gasteiger partial charge on any atom is 0.343 e. The number of nitrogens with zero attached hydrogens (tertiary/aromatic N) is 4. The van der Waals surface area contributed by atoms with Gasteiger partial charge in [0.1, 0.15) is 24.0 Å². The Morgan fingerprint density at radius 2 is 1.90 bits per heavy atom. The molecular formula is C30H26N4O5S. The molecule has 0 aliphatic carbocycles. The van der Waals surface area contributed by atoms with Crippen molar-refractivity contribution < 1.29 is 19.0 Å². The molecule has 0 spiro atoms. The summed E-state index contributed by atoms with van der Waals surface area (Å²) in [6.07, 6.45) is 3.56. The molecule has 0 bridgehead atoms. The van der Waals surface area contributed by atoms with Gasteiger partial charge in [-0.25, -0.2) is 4.79 Å². The van der Waals surface area contributed by atoms with Crippen LogP contribution in [-0.4, -0.2) is 34.0 Å². The highest BCUT2D eigenvalue weighted by molar-refractivity contribution is 7.17. The quantitative estimate of drug-likeness (QED) is 0.224. The van der Waals surface area contributed by atoms with E-state index in [0.29, 0.717) is 28.1 Å². The van der Waals surface area contributed by atoms with Gasteiger partial charge in [-0.2, -0.15) is 10.4 Å². The molecule has 3 heterocycles. The van der Waals surface area contributed by atoms with E-state index in [1.807, 2.05) is 60.1 Å². The maximum atomic E-state index is 13.8. The number of fused-ring (bicyclic) bond motifs is 1. The first kappa shape index (κ1) is 26.7. The molecule has 40 heavy (non-hydrogen) atoms. The van der Waals surface area contributed by atoms with Crippen molar-refractivity contribution in [1.82, 2.24) is 14.3 Å². The molecule has 3 aromatic heterocycles. The normalized spacial score (nSPS) is 10.8. The highest BCUT2D eigenvalue weighted by Gasteiger charge is 2.26. The minimum absolute atomic E-state index is 0.0330. The number of benzene rings is 2. The van der Waals surface area contributed by atoms with Gasteiger partial charge in [0.15, 0.2) is 0 Å². The van der Waals surface area contributed by atoms with Crippen molar-refractivity contribution in [3.05, 3.63) is 111 Å². The van der Waals surface area contributed by atoms with E-state index in [0.717, 1.165) is 16.7 Å². The Bertz CT molecular complexity index is 1760. The average molecular weight is 555 g/mol. The van der Waals surface area contributed by atoms with Crippen molar-refractivity contribution in [2.24, 2.45) is 0 Å². The summed E-state index contributed by atoms with van der Waals surface area (Å²) < 4.78 is 20.6. The number of hydrogen-bond donors (Lipinski definition) is 0. The first-order chi connectivity index (χ1) is 19.5. The molecule has 0 saturated carbocycles. The van der Waals surface area contributed by atoms with E-state index in [-0.39, 0.29) is 31.1 Å². The van der Waals surface area contributed by atoms with Gasteiger partial charge < -0.3 is 14.2 Å². The third-order valence-corrected chi connectivity index (χ3v) is 7.21. The predicted molar refractivity (Wildman–Crippen MR) is 151 cm³/mol. The van der Waals surface area contributed by atoms with Crippen molar-refractivity contribution in [1.29, 1.82) is 5.26 Å². The van der Waals surface area contributed by atoms with Crippen LogP contribution in [0.3, 0.4) is 0 Å². The minimum Gasteiger partial charge on any atom is -0.495 e. The number of nitriles is 1. The number of thiophene rings is 1. The summed E-state index contributed by atoms with van der Waals surface area (Å²) >= 11 is 1.35. The fourth-order valence-corrected chi connectivity index (χ4v) is 5.35. The van der Waals surface area contributed by atoms with Gasteiger partial charge in [0, 0.05) is 11.8 Å². The molecule has 0 fully saturated rings. The number of pyridine rings is 1. The summed E-state index contributed by atoms with van der Waals surface area (Å²) in [5, 5.41) is 15.5. The molecule has 2 aromatic carbocycles. The van der Waals surface area contributed by atoms with E-state index in [9.17, 15) is 14.9 Å². The minimum atomic E-state index is -0.590. The lowest BCUT2D eigenvalue weighted by Gasteiger charge is -2.15. The third-order valence-electron chi connectivity index (χ3n) is 6.29. The largest absolute Gasteiger partial charge is 0.495 e. The van der Waals surface area contributed by atoms with Gasteiger partial charge in [-0.15, -0.1) is 11.3 Å². The summed E-state index contributed by atoms with van der Waals surface area (Å²) in [6.45, 7) is 2.72. The van der Waals surface area contributed by atoms with E-state index in [1.54, 1.807) is 28.4 Å². The monoisotopic (exact) mass is 554 g/mol. The molecule has 5 aromatic rings.